The summed E-state index contributed by atoms with van der Waals surface area (Å²) in [5.74, 6) is -0.954. The molecule has 0 spiro atoms. The average Bonchev–Trinajstić information content (AvgIpc) is 1.65. The Kier molecular flexibility index (Phi) is 8.01. The fraction of sp³-hybridized carbons (Fsp3) is 0.667. The van der Waals surface area contributed by atoms with E-state index in [1.54, 1.807) is 0 Å². The van der Waals surface area contributed by atoms with Crippen LogP contribution in [0.15, 0.2) is 0 Å². The largest absolute Gasteiger partial charge is 1.00 e. The molecule has 0 radical (unpaired) electrons. The molecular weight excluding hydrogens is 222 g/mol. The summed E-state index contributed by atoms with van der Waals surface area (Å²) in [6.45, 7) is 0. The number of aliphatic carboxylic acids is 1. The first-order valence-corrected chi connectivity index (χ1v) is 2.32. The van der Waals surface area contributed by atoms with E-state index in [2.05, 4.69) is 12.6 Å². The monoisotopic (exact) mass is 227 g/mol. The number of rotatable bonds is 2. The van der Waals surface area contributed by atoms with Crippen LogP contribution in [0.25, 0.3) is 0 Å². The Balaban J connectivity index is 0. The fourth-order valence-electron chi connectivity index (χ4n) is 0.0713. The van der Waals surface area contributed by atoms with E-state index < -0.39 is 12.0 Å². The van der Waals surface area contributed by atoms with Crippen molar-refractivity contribution in [1.82, 2.24) is 0 Å². The standard InChI is InChI=1S/C3H7NO2S.Ag/c4-2(1-7)3(5)6;/h2,7H,1,4H2,(H,5,6);/q;+1/p-1/t2-;/m1./s1. The summed E-state index contributed by atoms with van der Waals surface area (Å²) in [5, 5.41) is 7.99. The van der Waals surface area contributed by atoms with E-state index in [9.17, 15) is 4.79 Å². The topological polar surface area (TPSA) is 63.3 Å². The summed E-state index contributed by atoms with van der Waals surface area (Å²) in [4.78, 5) is 9.74. The van der Waals surface area contributed by atoms with Crippen LogP contribution in [0.4, 0.5) is 0 Å². The van der Waals surface area contributed by atoms with Gasteiger partial charge in [-0.3, -0.25) is 4.79 Å². The maximum Gasteiger partial charge on any atom is 1.00 e. The van der Waals surface area contributed by atoms with Crippen LogP contribution in [0.3, 0.4) is 0 Å². The molecule has 1 atom stereocenters. The molecule has 0 aromatic carbocycles. The third-order valence-corrected chi connectivity index (χ3v) is 0.856. The maximum atomic E-state index is 9.74. The van der Waals surface area contributed by atoms with Crippen molar-refractivity contribution in [1.29, 1.82) is 0 Å². The number of carbonyl (C=O) groups is 1. The van der Waals surface area contributed by atoms with Crippen LogP contribution in [0.5, 0.6) is 0 Å². The molecule has 0 aliphatic rings. The minimum absolute atomic E-state index is 0. The van der Waals surface area contributed by atoms with Gasteiger partial charge in [0.2, 0.25) is 0 Å². The number of carboxylic acids is 1. The Morgan fingerprint density at radius 1 is 1.88 bits per heavy atom. The van der Waals surface area contributed by atoms with E-state index >= 15 is 0 Å². The molecule has 0 bridgehead atoms. The first kappa shape index (κ1) is 11.3. The zero-order chi connectivity index (χ0) is 5.86. The van der Waals surface area contributed by atoms with E-state index in [0.717, 1.165) is 0 Å². The molecule has 0 rings (SSSR count). The van der Waals surface area contributed by atoms with Gasteiger partial charge < -0.3 is 23.5 Å². The van der Waals surface area contributed by atoms with E-state index in [1.165, 1.54) is 0 Å². The van der Waals surface area contributed by atoms with Crippen molar-refractivity contribution >= 4 is 18.6 Å². The van der Waals surface area contributed by atoms with Crippen molar-refractivity contribution in [3.8, 4) is 0 Å². The molecule has 0 aromatic heterocycles. The zero-order valence-corrected chi connectivity index (χ0v) is 6.23. The molecule has 3 nitrogen and oxygen atoms in total. The number of nitrogens with two attached hydrogens (primary N) is 1. The van der Waals surface area contributed by atoms with Gasteiger partial charge in [-0.15, -0.1) is 0 Å². The number of hydrogen-bond acceptors (Lipinski definition) is 3. The first-order chi connectivity index (χ1) is 3.18. The Bertz CT molecular complexity index is 79.7. The van der Waals surface area contributed by atoms with Gasteiger partial charge in [0.05, 0.1) is 6.04 Å². The zero-order valence-electron chi connectivity index (χ0n) is 3.93. The molecule has 8 heavy (non-hydrogen) atoms. The van der Waals surface area contributed by atoms with Crippen molar-refractivity contribution in [2.24, 2.45) is 5.73 Å². The van der Waals surface area contributed by atoms with Crippen molar-refractivity contribution in [3.05, 3.63) is 0 Å². The molecule has 0 aliphatic heterocycles. The second-order valence-electron chi connectivity index (χ2n) is 1.11. The fourth-order valence-corrected chi connectivity index (χ4v) is 0.214. The van der Waals surface area contributed by atoms with Gasteiger partial charge in [0.25, 0.3) is 0 Å². The van der Waals surface area contributed by atoms with Gasteiger partial charge in [0, 0.05) is 0 Å². The van der Waals surface area contributed by atoms with Gasteiger partial charge >= 0.3 is 28.3 Å². The Morgan fingerprint density at radius 2 is 2.25 bits per heavy atom. The second kappa shape index (κ2) is 5.65. The van der Waals surface area contributed by atoms with Crippen LogP contribution >= 0.6 is 0 Å². The van der Waals surface area contributed by atoms with Crippen molar-refractivity contribution in [2.75, 3.05) is 5.75 Å². The predicted molar refractivity (Wildman–Crippen MR) is 27.8 cm³/mol. The first-order valence-electron chi connectivity index (χ1n) is 1.75. The summed E-state index contributed by atoms with van der Waals surface area (Å²) < 4.78 is 0. The van der Waals surface area contributed by atoms with Gasteiger partial charge in [-0.2, -0.15) is 5.75 Å². The van der Waals surface area contributed by atoms with Gasteiger partial charge in [0.1, 0.15) is 0 Å². The second-order valence-corrected chi connectivity index (χ2v) is 1.44. The van der Waals surface area contributed by atoms with Crippen LogP contribution in [-0.2, 0) is 39.8 Å². The molecule has 0 fully saturated rings. The van der Waals surface area contributed by atoms with E-state index in [-0.39, 0.29) is 28.1 Å². The molecule has 52 valence electrons. The van der Waals surface area contributed by atoms with Crippen LogP contribution in [-0.4, -0.2) is 22.9 Å². The Hall–Kier alpha value is 0.520. The smallest absolute Gasteiger partial charge is 0.791 e. The van der Waals surface area contributed by atoms with Gasteiger partial charge in [-0.25, -0.2) is 0 Å². The van der Waals surface area contributed by atoms with E-state index in [1.807, 2.05) is 0 Å². The van der Waals surface area contributed by atoms with Crippen molar-refractivity contribution in [3.63, 3.8) is 0 Å². The van der Waals surface area contributed by atoms with Gasteiger partial charge in [0.15, 0.2) is 0 Å². The molecule has 0 heterocycles. The predicted octanol–water partition coefficient (Wildman–Crippen LogP) is -1.06. The van der Waals surface area contributed by atoms with Crippen LogP contribution in [0.2, 0.25) is 0 Å². The molecule has 0 saturated heterocycles. The normalized spacial score (nSPS) is 11.8. The molecule has 0 unspecified atom stereocenters. The summed E-state index contributed by atoms with van der Waals surface area (Å²) in [7, 11) is 0. The minimum Gasteiger partial charge on any atom is -0.791 e. The summed E-state index contributed by atoms with van der Waals surface area (Å²) >= 11 is 4.35. The van der Waals surface area contributed by atoms with E-state index in [4.69, 9.17) is 10.8 Å². The number of hydrogen-bond donors (Lipinski definition) is 2. The van der Waals surface area contributed by atoms with Crippen LogP contribution in [0.1, 0.15) is 0 Å². The summed E-state index contributed by atoms with van der Waals surface area (Å²) in [6.07, 6.45) is 0. The quantitative estimate of drug-likeness (QED) is 0.467. The van der Waals surface area contributed by atoms with Crippen LogP contribution in [0, 0.1) is 0 Å². The Labute approximate surface area is 68.6 Å². The van der Waals surface area contributed by atoms with Crippen molar-refractivity contribution < 1.29 is 32.3 Å². The van der Waals surface area contributed by atoms with Gasteiger partial charge in [-0.1, -0.05) is 0 Å². The molecule has 3 N–H and O–H groups in total. The van der Waals surface area contributed by atoms with Crippen LogP contribution < -0.4 is 5.73 Å². The molecule has 0 aliphatic carbocycles. The molecule has 5 heteroatoms. The third-order valence-electron chi connectivity index (χ3n) is 0.497. The average molecular weight is 228 g/mol. The SMILES string of the molecule is N[C@H](C[S-])C(=O)O.[Ag+]. The summed E-state index contributed by atoms with van der Waals surface area (Å²) in [5.41, 5.74) is 4.91. The molecular formula is C3H6AgNO2S. The van der Waals surface area contributed by atoms with Gasteiger partial charge in [-0.05, 0) is 0 Å². The summed E-state index contributed by atoms with van der Waals surface area (Å²) in [6, 6.07) is -0.866. The minimum atomic E-state index is -1.03. The Morgan fingerprint density at radius 3 is 2.25 bits per heavy atom. The van der Waals surface area contributed by atoms with Crippen molar-refractivity contribution in [2.45, 2.75) is 6.04 Å². The molecule has 0 aromatic rings. The van der Waals surface area contributed by atoms with E-state index in [0.29, 0.717) is 0 Å². The maximum absolute atomic E-state index is 9.74. The molecule has 0 saturated carbocycles. The number of carboxylic acid groups (broad SMARTS) is 1. The third kappa shape index (κ3) is 4.67. The molecule has 0 amide bonds.